The van der Waals surface area contributed by atoms with E-state index in [-0.39, 0.29) is 6.29 Å². The second-order valence-electron chi connectivity index (χ2n) is 5.92. The summed E-state index contributed by atoms with van der Waals surface area (Å²) >= 11 is 23.7. The first-order valence-electron chi connectivity index (χ1n) is 8.36. The minimum absolute atomic E-state index is 0.255. The van der Waals surface area contributed by atoms with Crippen LogP contribution in [0.25, 0.3) is 0 Å². The number of rotatable bonds is 7. The zero-order valence-corrected chi connectivity index (χ0v) is 19.1. The Bertz CT molecular complexity index is 796. The Morgan fingerprint density at radius 3 is 1.96 bits per heavy atom. The van der Waals surface area contributed by atoms with Gasteiger partial charge in [0.15, 0.2) is 12.6 Å². The van der Waals surface area contributed by atoms with Gasteiger partial charge in [-0.3, -0.25) is 4.79 Å². The highest BCUT2D eigenvalue weighted by Crippen LogP contribution is 2.29. The van der Waals surface area contributed by atoms with Gasteiger partial charge >= 0.3 is 0 Å². The molecule has 154 valence electrons. The van der Waals surface area contributed by atoms with Crippen molar-refractivity contribution in [2.75, 3.05) is 20.8 Å². The van der Waals surface area contributed by atoms with Crippen molar-refractivity contribution in [1.82, 2.24) is 5.32 Å². The maximum Gasteiger partial charge on any atom is 0.169 e. The summed E-state index contributed by atoms with van der Waals surface area (Å²) in [5.41, 5.74) is 3.25. The van der Waals surface area contributed by atoms with Crippen molar-refractivity contribution >= 4 is 52.7 Å². The maximum absolute atomic E-state index is 10.3. The Labute approximate surface area is 186 Å². The fraction of sp³-hybridized carbons (Fsp3) is 0.350. The van der Waals surface area contributed by atoms with Gasteiger partial charge in [0.1, 0.15) is 0 Å². The number of aryl methyl sites for hydroxylation is 2. The highest BCUT2D eigenvalue weighted by atomic mass is 35.5. The Kier molecular flexibility index (Phi) is 11.4. The number of nitrogens with one attached hydrogen (secondary N) is 1. The minimum atomic E-state index is -0.255. The molecule has 0 bridgehead atoms. The van der Waals surface area contributed by atoms with E-state index in [1.54, 1.807) is 26.4 Å². The number of aldehydes is 1. The zero-order chi connectivity index (χ0) is 21.3. The fourth-order valence-corrected chi connectivity index (χ4v) is 3.05. The number of carbonyl (C=O) groups excluding carboxylic acids is 1. The Morgan fingerprint density at radius 2 is 1.43 bits per heavy atom. The summed E-state index contributed by atoms with van der Waals surface area (Å²) in [7, 11) is 3.21. The molecule has 0 aromatic heterocycles. The molecule has 0 spiro atoms. The molecule has 0 aliphatic heterocycles. The standard InChI is InChI=1S/C12H17Cl2NO2.C8H6Cl2O/c1-8-4-5-9(12(14)11(8)13)6-15-7-10(16-2)17-3;1-5-2-3-6(4-11)8(10)7(5)9/h4-5,10,15H,6-7H2,1-3H3;2-4H,1H3. The second-order valence-corrected chi connectivity index (χ2v) is 7.43. The van der Waals surface area contributed by atoms with Crippen LogP contribution in [0.2, 0.25) is 20.1 Å². The van der Waals surface area contributed by atoms with Crippen LogP contribution in [0.4, 0.5) is 0 Å². The summed E-state index contributed by atoms with van der Waals surface area (Å²) in [6.45, 7) is 4.98. The van der Waals surface area contributed by atoms with Crippen LogP contribution in [-0.2, 0) is 16.0 Å². The van der Waals surface area contributed by atoms with Gasteiger partial charge in [0.2, 0.25) is 0 Å². The lowest BCUT2D eigenvalue weighted by Crippen LogP contribution is -2.29. The molecular weight excluding hydrogens is 444 g/mol. The third kappa shape index (κ3) is 7.20. The van der Waals surface area contributed by atoms with Gasteiger partial charge in [-0.15, -0.1) is 0 Å². The van der Waals surface area contributed by atoms with Crippen molar-refractivity contribution < 1.29 is 14.3 Å². The third-order valence-electron chi connectivity index (χ3n) is 3.94. The van der Waals surface area contributed by atoms with Crippen molar-refractivity contribution in [3.8, 4) is 0 Å². The zero-order valence-electron chi connectivity index (χ0n) is 16.1. The van der Waals surface area contributed by atoms with E-state index in [0.717, 1.165) is 16.7 Å². The van der Waals surface area contributed by atoms with Crippen LogP contribution < -0.4 is 5.32 Å². The average molecular weight is 467 g/mol. The number of hydrogen-bond acceptors (Lipinski definition) is 4. The third-order valence-corrected chi connectivity index (χ3v) is 5.95. The van der Waals surface area contributed by atoms with Crippen LogP contribution in [0.1, 0.15) is 27.0 Å². The van der Waals surface area contributed by atoms with Crippen molar-refractivity contribution in [1.29, 1.82) is 0 Å². The first-order valence-corrected chi connectivity index (χ1v) is 9.87. The van der Waals surface area contributed by atoms with Crippen LogP contribution in [0.3, 0.4) is 0 Å². The number of halogens is 4. The lowest BCUT2D eigenvalue weighted by molar-refractivity contribution is -0.0989. The molecule has 0 radical (unpaired) electrons. The Hall–Kier alpha value is -0.850. The van der Waals surface area contributed by atoms with E-state index in [1.165, 1.54) is 0 Å². The monoisotopic (exact) mass is 465 g/mol. The molecule has 1 N–H and O–H groups in total. The van der Waals surface area contributed by atoms with Crippen LogP contribution in [0, 0.1) is 13.8 Å². The topological polar surface area (TPSA) is 47.6 Å². The van der Waals surface area contributed by atoms with Crippen molar-refractivity contribution in [2.24, 2.45) is 0 Å². The van der Waals surface area contributed by atoms with Gasteiger partial charge in [-0.25, -0.2) is 0 Å². The predicted molar refractivity (Wildman–Crippen MR) is 117 cm³/mol. The quantitative estimate of drug-likeness (QED) is 0.394. The van der Waals surface area contributed by atoms with Crippen LogP contribution in [-0.4, -0.2) is 33.3 Å². The summed E-state index contributed by atoms with van der Waals surface area (Å²) in [5.74, 6) is 0. The molecule has 8 heteroatoms. The molecule has 0 unspecified atom stereocenters. The van der Waals surface area contributed by atoms with Crippen LogP contribution in [0.5, 0.6) is 0 Å². The molecule has 0 aliphatic carbocycles. The van der Waals surface area contributed by atoms with Crippen molar-refractivity contribution in [3.05, 3.63) is 66.6 Å². The molecular formula is C20H23Cl4NO3. The van der Waals surface area contributed by atoms with Crippen molar-refractivity contribution in [3.63, 3.8) is 0 Å². The molecule has 0 fully saturated rings. The maximum atomic E-state index is 10.3. The molecule has 0 aliphatic rings. The smallest absolute Gasteiger partial charge is 0.169 e. The molecule has 0 heterocycles. The van der Waals surface area contributed by atoms with Gasteiger partial charge < -0.3 is 14.8 Å². The number of ether oxygens (including phenoxy) is 2. The van der Waals surface area contributed by atoms with Gasteiger partial charge in [-0.1, -0.05) is 64.6 Å². The molecule has 0 saturated carbocycles. The van der Waals surface area contributed by atoms with E-state index in [2.05, 4.69) is 5.32 Å². The summed E-state index contributed by atoms with van der Waals surface area (Å²) in [6.07, 6.45) is 0.433. The lowest BCUT2D eigenvalue weighted by atomic mass is 10.1. The summed E-state index contributed by atoms with van der Waals surface area (Å²) in [6, 6.07) is 7.33. The number of methoxy groups -OCH3 is 2. The molecule has 0 amide bonds. The van der Waals surface area contributed by atoms with Gasteiger partial charge in [-0.05, 0) is 36.6 Å². The number of carbonyl (C=O) groups is 1. The van der Waals surface area contributed by atoms with E-state index in [0.29, 0.717) is 45.0 Å². The summed E-state index contributed by atoms with van der Waals surface area (Å²) in [4.78, 5) is 10.3. The molecule has 2 rings (SSSR count). The van der Waals surface area contributed by atoms with E-state index in [1.807, 2.05) is 26.0 Å². The molecule has 0 saturated heterocycles. The molecule has 28 heavy (non-hydrogen) atoms. The van der Waals surface area contributed by atoms with Crippen molar-refractivity contribution in [2.45, 2.75) is 26.7 Å². The van der Waals surface area contributed by atoms with E-state index >= 15 is 0 Å². The second kappa shape index (κ2) is 12.7. The SMILES string of the molecule is COC(CNCc1ccc(C)c(Cl)c1Cl)OC.Cc1ccc(C=O)c(Cl)c1Cl. The molecule has 2 aromatic carbocycles. The largest absolute Gasteiger partial charge is 0.355 e. The van der Waals surface area contributed by atoms with Crippen LogP contribution in [0.15, 0.2) is 24.3 Å². The molecule has 0 atom stereocenters. The number of hydrogen-bond donors (Lipinski definition) is 1. The van der Waals surface area contributed by atoms with Gasteiger partial charge in [-0.2, -0.15) is 0 Å². The molecule has 4 nitrogen and oxygen atoms in total. The minimum Gasteiger partial charge on any atom is -0.355 e. The Morgan fingerprint density at radius 1 is 0.893 bits per heavy atom. The normalized spacial score (nSPS) is 10.6. The number of benzene rings is 2. The summed E-state index contributed by atoms with van der Waals surface area (Å²) < 4.78 is 10.1. The molecule has 2 aromatic rings. The van der Waals surface area contributed by atoms with Gasteiger partial charge in [0.25, 0.3) is 0 Å². The van der Waals surface area contributed by atoms with E-state index < -0.39 is 0 Å². The van der Waals surface area contributed by atoms with Crippen LogP contribution >= 0.6 is 46.4 Å². The van der Waals surface area contributed by atoms with E-state index in [9.17, 15) is 4.79 Å². The summed E-state index contributed by atoms with van der Waals surface area (Å²) in [5, 5.41) is 5.20. The first kappa shape index (κ1) is 25.2. The van der Waals surface area contributed by atoms with Gasteiger partial charge in [0, 0.05) is 32.9 Å². The highest BCUT2D eigenvalue weighted by molar-refractivity contribution is 6.44. The predicted octanol–water partition coefficient (Wildman–Crippen LogP) is 6.12. The first-order chi connectivity index (χ1) is 13.3. The van der Waals surface area contributed by atoms with E-state index in [4.69, 9.17) is 55.9 Å². The lowest BCUT2D eigenvalue weighted by Gasteiger charge is -2.15. The Balaban J connectivity index is 0.000000307. The average Bonchev–Trinajstić information content (AvgIpc) is 2.70. The fourth-order valence-electron chi connectivity index (χ4n) is 2.16. The van der Waals surface area contributed by atoms with Gasteiger partial charge in [0.05, 0.1) is 20.1 Å². The highest BCUT2D eigenvalue weighted by Gasteiger charge is 2.09.